The van der Waals surface area contributed by atoms with E-state index in [2.05, 4.69) is 0 Å². The number of fused-ring (bicyclic) bond motifs is 1. The Morgan fingerprint density at radius 3 is 2.52 bits per heavy atom. The summed E-state index contributed by atoms with van der Waals surface area (Å²) < 4.78 is 14.0. The number of halogens is 1. The van der Waals surface area contributed by atoms with E-state index in [9.17, 15) is 24.4 Å². The number of hydrogen-bond donors (Lipinski definition) is 1. The maximum absolute atomic E-state index is 14.0. The van der Waals surface area contributed by atoms with Gasteiger partial charge in [-0.3, -0.25) is 14.9 Å². The lowest BCUT2D eigenvalue weighted by Crippen LogP contribution is -2.51. The van der Waals surface area contributed by atoms with Crippen LogP contribution in [-0.4, -0.2) is 22.0 Å². The van der Waals surface area contributed by atoms with Crippen LogP contribution < -0.4 is 4.90 Å². The van der Waals surface area contributed by atoms with Crippen molar-refractivity contribution in [3.8, 4) is 0 Å². The molecule has 0 unspecified atom stereocenters. The number of carbonyl (C=O) groups excluding carboxylic acids is 1. The topological polar surface area (TPSA) is 83.7 Å². The maximum atomic E-state index is 14.0. The van der Waals surface area contributed by atoms with Crippen molar-refractivity contribution in [3.05, 3.63) is 75.6 Å². The third kappa shape index (κ3) is 2.56. The lowest BCUT2D eigenvalue weighted by Gasteiger charge is -2.25. The molecule has 0 saturated carbocycles. The second-order valence-electron chi connectivity index (χ2n) is 5.98. The lowest BCUT2D eigenvalue weighted by molar-refractivity contribution is -0.543. The number of aliphatic hydroxyl groups is 1. The Morgan fingerprint density at radius 1 is 1.24 bits per heavy atom. The van der Waals surface area contributed by atoms with E-state index in [0.29, 0.717) is 5.69 Å². The summed E-state index contributed by atoms with van der Waals surface area (Å²) >= 11 is 0. The van der Waals surface area contributed by atoms with Gasteiger partial charge in [0.25, 0.3) is 11.9 Å². The Balaban J connectivity index is 2.10. The van der Waals surface area contributed by atoms with Gasteiger partial charge in [0.15, 0.2) is 0 Å². The number of carbonyl (C=O) groups is 1. The van der Waals surface area contributed by atoms with Crippen LogP contribution in [0.25, 0.3) is 0 Å². The van der Waals surface area contributed by atoms with Crippen molar-refractivity contribution in [1.29, 1.82) is 0 Å². The van der Waals surface area contributed by atoms with Crippen LogP contribution in [0.5, 0.6) is 0 Å². The first-order chi connectivity index (χ1) is 11.9. The van der Waals surface area contributed by atoms with Crippen molar-refractivity contribution >= 4 is 11.6 Å². The quantitative estimate of drug-likeness (QED) is 0.667. The number of para-hydroxylation sites is 1. The van der Waals surface area contributed by atoms with Gasteiger partial charge in [-0.2, -0.15) is 0 Å². The lowest BCUT2D eigenvalue weighted by atomic mass is 9.86. The molecule has 0 aliphatic carbocycles. The molecule has 2 aromatic rings. The van der Waals surface area contributed by atoms with Crippen LogP contribution in [0, 0.1) is 15.9 Å². The zero-order valence-corrected chi connectivity index (χ0v) is 13.6. The second-order valence-corrected chi connectivity index (χ2v) is 5.98. The zero-order valence-electron chi connectivity index (χ0n) is 13.6. The van der Waals surface area contributed by atoms with Gasteiger partial charge < -0.3 is 10.0 Å². The van der Waals surface area contributed by atoms with Crippen molar-refractivity contribution in [2.75, 3.05) is 4.90 Å². The van der Waals surface area contributed by atoms with Gasteiger partial charge in [-0.25, -0.2) is 4.39 Å². The van der Waals surface area contributed by atoms with Crippen LogP contribution in [0.15, 0.2) is 48.5 Å². The largest absolute Gasteiger partial charge is 0.370 e. The maximum Gasteiger partial charge on any atom is 0.271 e. The molecule has 2 aromatic carbocycles. The fourth-order valence-electron chi connectivity index (χ4n) is 3.33. The number of nitro groups is 1. The van der Waals surface area contributed by atoms with Gasteiger partial charge in [0.2, 0.25) is 5.60 Å². The highest BCUT2D eigenvalue weighted by Gasteiger charge is 2.59. The van der Waals surface area contributed by atoms with E-state index < -0.39 is 28.3 Å². The molecule has 1 heterocycles. The van der Waals surface area contributed by atoms with E-state index in [1.54, 1.807) is 31.2 Å². The summed E-state index contributed by atoms with van der Waals surface area (Å²) in [6, 6.07) is 10.9. The van der Waals surface area contributed by atoms with Gasteiger partial charge in [-0.1, -0.05) is 43.3 Å². The summed E-state index contributed by atoms with van der Waals surface area (Å²) in [6.07, 6.45) is -0.0168. The average molecular weight is 344 g/mol. The van der Waals surface area contributed by atoms with Gasteiger partial charge in [0.1, 0.15) is 5.82 Å². The van der Waals surface area contributed by atoms with Crippen molar-refractivity contribution in [3.63, 3.8) is 0 Å². The van der Waals surface area contributed by atoms with Crippen molar-refractivity contribution in [1.82, 2.24) is 0 Å². The summed E-state index contributed by atoms with van der Waals surface area (Å²) in [6.45, 7) is 1.43. The third-order valence-corrected chi connectivity index (χ3v) is 4.59. The molecule has 6 nitrogen and oxygen atoms in total. The van der Waals surface area contributed by atoms with Crippen LogP contribution in [0.3, 0.4) is 0 Å². The van der Waals surface area contributed by atoms with Crippen molar-refractivity contribution in [2.45, 2.75) is 31.5 Å². The predicted molar refractivity (Wildman–Crippen MR) is 89.0 cm³/mol. The first-order valence-corrected chi connectivity index (χ1v) is 7.92. The van der Waals surface area contributed by atoms with Gasteiger partial charge in [-0.05, 0) is 12.1 Å². The van der Waals surface area contributed by atoms with Crippen molar-refractivity contribution < 1.29 is 19.2 Å². The highest BCUT2D eigenvalue weighted by Crippen LogP contribution is 2.44. The smallest absolute Gasteiger partial charge is 0.271 e. The van der Waals surface area contributed by atoms with Gasteiger partial charge >= 0.3 is 0 Å². The molecule has 7 heteroatoms. The van der Waals surface area contributed by atoms with Crippen LogP contribution in [0.2, 0.25) is 0 Å². The molecule has 3 rings (SSSR count). The molecule has 0 saturated heterocycles. The van der Waals surface area contributed by atoms with E-state index >= 15 is 0 Å². The molecule has 1 aliphatic heterocycles. The molecule has 2 atom stereocenters. The average Bonchev–Trinajstić information content (AvgIpc) is 2.80. The molecule has 0 fully saturated rings. The number of amides is 1. The predicted octanol–water partition coefficient (Wildman–Crippen LogP) is 2.62. The Labute approximate surface area is 143 Å². The van der Waals surface area contributed by atoms with Crippen LogP contribution >= 0.6 is 0 Å². The second kappa shape index (κ2) is 6.25. The van der Waals surface area contributed by atoms with E-state index in [0.717, 1.165) is 0 Å². The standard InChI is InChI=1S/C18H17FN2O4/c1-2-16(21(24)25)18(23)13-8-4-6-10-15(13)20(17(18)22)11-12-7-3-5-9-14(12)19/h3-10,16,23H,2,11H2,1H3/t16-,18-/m1/s1. The first-order valence-electron chi connectivity index (χ1n) is 7.92. The molecule has 130 valence electrons. The number of hydrogen-bond acceptors (Lipinski definition) is 4. The SMILES string of the molecule is CC[C@@H]([N+](=O)[O-])[C@@]1(O)C(=O)N(Cc2ccccc2F)c2ccccc21. The number of anilines is 1. The first kappa shape index (κ1) is 17.0. The van der Waals surface area contributed by atoms with E-state index in [-0.39, 0.29) is 24.1 Å². The number of nitrogens with zero attached hydrogens (tertiary/aromatic N) is 2. The molecule has 0 radical (unpaired) electrons. The highest BCUT2D eigenvalue weighted by atomic mass is 19.1. The molecule has 1 N–H and O–H groups in total. The minimum absolute atomic E-state index is 0.0168. The van der Waals surface area contributed by atoms with E-state index in [1.165, 1.54) is 29.2 Å². The van der Waals surface area contributed by atoms with Crippen LogP contribution in [0.4, 0.5) is 10.1 Å². The summed E-state index contributed by atoms with van der Waals surface area (Å²) in [4.78, 5) is 24.9. The number of rotatable bonds is 5. The minimum atomic E-state index is -2.26. The molecular formula is C18H17FN2O4. The van der Waals surface area contributed by atoms with Gasteiger partial charge in [0.05, 0.1) is 12.2 Å². The fourth-order valence-corrected chi connectivity index (χ4v) is 3.33. The molecular weight excluding hydrogens is 327 g/mol. The van der Waals surface area contributed by atoms with E-state index in [1.807, 2.05) is 0 Å². The number of benzene rings is 2. The summed E-state index contributed by atoms with van der Waals surface area (Å²) in [5.41, 5.74) is -1.46. The zero-order chi connectivity index (χ0) is 18.2. The summed E-state index contributed by atoms with van der Waals surface area (Å²) in [5.74, 6) is -1.29. The molecule has 1 amide bonds. The molecule has 0 aromatic heterocycles. The van der Waals surface area contributed by atoms with Crippen LogP contribution in [0.1, 0.15) is 24.5 Å². The third-order valence-electron chi connectivity index (χ3n) is 4.59. The fraction of sp³-hybridized carbons (Fsp3) is 0.278. The molecule has 0 bridgehead atoms. The van der Waals surface area contributed by atoms with Crippen molar-refractivity contribution in [2.24, 2.45) is 0 Å². The highest BCUT2D eigenvalue weighted by molar-refractivity contribution is 6.07. The molecule has 25 heavy (non-hydrogen) atoms. The summed E-state index contributed by atoms with van der Waals surface area (Å²) in [7, 11) is 0. The van der Waals surface area contributed by atoms with Crippen LogP contribution in [-0.2, 0) is 16.9 Å². The normalized spacial score (nSPS) is 20.4. The minimum Gasteiger partial charge on any atom is -0.370 e. The Bertz CT molecular complexity index is 841. The Hall–Kier alpha value is -2.80. The Morgan fingerprint density at radius 2 is 1.88 bits per heavy atom. The van der Waals surface area contributed by atoms with Gasteiger partial charge in [-0.15, -0.1) is 0 Å². The monoisotopic (exact) mass is 344 g/mol. The summed E-state index contributed by atoms with van der Waals surface area (Å²) in [5, 5.41) is 22.4. The van der Waals surface area contributed by atoms with Gasteiger partial charge in [0, 0.05) is 22.5 Å². The molecule has 0 spiro atoms. The molecule has 1 aliphatic rings. The van der Waals surface area contributed by atoms with E-state index in [4.69, 9.17) is 0 Å². The Kier molecular flexibility index (Phi) is 4.26.